The molecule has 0 unspecified atom stereocenters. The van der Waals surface area contributed by atoms with E-state index in [0.29, 0.717) is 0 Å². The summed E-state index contributed by atoms with van der Waals surface area (Å²) in [4.78, 5) is 0. The van der Waals surface area contributed by atoms with Gasteiger partial charge in [-0.15, -0.1) is 16.7 Å². The first-order valence-corrected chi connectivity index (χ1v) is 13.5. The van der Waals surface area contributed by atoms with Gasteiger partial charge in [0.25, 0.3) is 0 Å². The molecule has 0 atom stereocenters. The van der Waals surface area contributed by atoms with Crippen LogP contribution >= 0.6 is 0 Å². The fourth-order valence-electron chi connectivity index (χ4n) is 4.70. The molecule has 0 heterocycles. The van der Waals surface area contributed by atoms with E-state index in [4.69, 9.17) is 0 Å². The van der Waals surface area contributed by atoms with Crippen LogP contribution in [0, 0.1) is 19.9 Å². The Hall–Kier alpha value is -0.877. The van der Waals surface area contributed by atoms with Gasteiger partial charge >= 0.3 is 46.7 Å². The Labute approximate surface area is 241 Å². The van der Waals surface area contributed by atoms with Gasteiger partial charge in [-0.25, -0.2) is 12.1 Å². The number of halogens is 2. The van der Waals surface area contributed by atoms with Crippen LogP contribution in [0.15, 0.2) is 48.5 Å². The molecule has 0 amide bonds. The zero-order chi connectivity index (χ0) is 24.4. The summed E-state index contributed by atoms with van der Waals surface area (Å²) in [5, 5.41) is 0. The zero-order valence-electron chi connectivity index (χ0n) is 22.7. The molecule has 0 bridgehead atoms. The van der Waals surface area contributed by atoms with Crippen molar-refractivity contribution in [3.8, 4) is 11.1 Å². The largest absolute Gasteiger partial charge is 0.214 e. The normalized spacial score (nSPS) is 13.5. The molecule has 0 saturated heterocycles. The van der Waals surface area contributed by atoms with E-state index in [9.17, 15) is 0 Å². The van der Waals surface area contributed by atoms with Crippen molar-refractivity contribution in [1.29, 1.82) is 0 Å². The summed E-state index contributed by atoms with van der Waals surface area (Å²) in [6.07, 6.45) is 5.39. The summed E-state index contributed by atoms with van der Waals surface area (Å²) >= 11 is 1.67. The van der Waals surface area contributed by atoms with Crippen LogP contribution < -0.4 is 24.8 Å². The Morgan fingerprint density at radius 2 is 1.31 bits per heavy atom. The number of hydrogen-bond donors (Lipinski definition) is 0. The predicted octanol–water partition coefficient (Wildman–Crippen LogP) is 2.57. The monoisotopic (exact) mass is 584 g/mol. The molecule has 0 N–H and O–H groups in total. The predicted molar refractivity (Wildman–Crippen MR) is 141 cm³/mol. The van der Waals surface area contributed by atoms with Crippen molar-refractivity contribution >= 4 is 3.21 Å². The summed E-state index contributed by atoms with van der Waals surface area (Å²) in [6, 6.07) is 20.9. The summed E-state index contributed by atoms with van der Waals surface area (Å²) < 4.78 is 1.78. The number of aryl methyl sites for hydroxylation is 2. The third-order valence-electron chi connectivity index (χ3n) is 6.59. The number of fused-ring (bicyclic) bond motifs is 3. The van der Waals surface area contributed by atoms with Crippen LogP contribution in [-0.2, 0) is 41.5 Å². The average molecular weight is 587 g/mol. The summed E-state index contributed by atoms with van der Waals surface area (Å²) in [6.45, 7) is 18.2. The molecule has 0 aromatic heterocycles. The molecule has 35 heavy (non-hydrogen) atoms. The Balaban J connectivity index is 0.000000423. The van der Waals surface area contributed by atoms with Crippen molar-refractivity contribution in [3.05, 3.63) is 88.0 Å². The van der Waals surface area contributed by atoms with Crippen molar-refractivity contribution in [3.63, 3.8) is 0 Å². The van der Waals surface area contributed by atoms with E-state index in [-0.39, 0.29) is 35.6 Å². The molecule has 0 radical (unpaired) electrons. The van der Waals surface area contributed by atoms with Crippen LogP contribution in [0.2, 0.25) is 0 Å². The fraction of sp³-hybridized carbons (Fsp3) is 0.438. The molecule has 0 aliphatic heterocycles. The molecule has 0 nitrogen and oxygen atoms in total. The molecule has 1 fully saturated rings. The summed E-state index contributed by atoms with van der Waals surface area (Å²) in [5.74, 6) is 0. The quantitative estimate of drug-likeness (QED) is 0.278. The summed E-state index contributed by atoms with van der Waals surface area (Å²) in [5.41, 5.74) is 11.6. The second-order valence-corrected chi connectivity index (χ2v) is 13.4. The van der Waals surface area contributed by atoms with Gasteiger partial charge in [0.1, 0.15) is 0 Å². The van der Waals surface area contributed by atoms with Crippen LogP contribution in [0.5, 0.6) is 0 Å². The molecule has 3 heteroatoms. The first kappa shape index (κ1) is 32.2. The van der Waals surface area contributed by atoms with Crippen LogP contribution in [-0.4, -0.2) is 3.21 Å². The maximum atomic E-state index is 3.69. The molecular weight excluding hydrogens is 546 g/mol. The van der Waals surface area contributed by atoms with Gasteiger partial charge in [-0.05, 0) is 35.4 Å². The summed E-state index contributed by atoms with van der Waals surface area (Å²) in [7, 11) is 0. The second-order valence-electron chi connectivity index (χ2n) is 11.6. The fourth-order valence-corrected chi connectivity index (χ4v) is 5.57. The minimum Gasteiger partial charge on any atom is -0.214 e. The number of hydrogen-bond acceptors (Lipinski definition) is 0. The van der Waals surface area contributed by atoms with Gasteiger partial charge in [0.2, 0.25) is 0 Å². The van der Waals surface area contributed by atoms with Crippen LogP contribution in [0.25, 0.3) is 11.1 Å². The number of rotatable bonds is 0. The van der Waals surface area contributed by atoms with Crippen LogP contribution in [0.4, 0.5) is 0 Å². The van der Waals surface area contributed by atoms with Crippen molar-refractivity contribution < 1.29 is 49.0 Å². The topological polar surface area (TPSA) is 0 Å². The first-order chi connectivity index (χ1) is 15.4. The van der Waals surface area contributed by atoms with E-state index < -0.39 is 0 Å². The van der Waals surface area contributed by atoms with E-state index in [0.717, 1.165) is 6.42 Å². The Morgan fingerprint density at radius 1 is 0.800 bits per heavy atom. The van der Waals surface area contributed by atoms with E-state index in [2.05, 4.69) is 79.7 Å². The van der Waals surface area contributed by atoms with Gasteiger partial charge in [0, 0.05) is 0 Å². The molecule has 3 aromatic carbocycles. The standard InChI is InChI=1S/C23H29.C5H5.C4H6.2ClH.Zr/c1-14-9-16-11-17-10-15(2)21(23(6,7)8)13-19(17)18(16)12-20(14)22(3,4)5;1-2-4-5-3-1;1-2-4-3-1;;;/h9,12-13H,11H2,1-8H3;1-5H;1-3H2;2*1H;/q2*-1;;;;+2/p-2. The van der Waals surface area contributed by atoms with Gasteiger partial charge in [0.15, 0.2) is 0 Å². The van der Waals surface area contributed by atoms with Gasteiger partial charge < -0.3 is 24.8 Å². The zero-order valence-corrected chi connectivity index (χ0v) is 26.7. The Morgan fingerprint density at radius 3 is 1.71 bits per heavy atom. The minimum atomic E-state index is 0. The number of benzene rings is 2. The van der Waals surface area contributed by atoms with E-state index in [1.54, 1.807) is 27.4 Å². The third-order valence-corrected chi connectivity index (χ3v) is 7.82. The van der Waals surface area contributed by atoms with Gasteiger partial charge in [-0.3, -0.25) is 0 Å². The Kier molecular flexibility index (Phi) is 12.0. The van der Waals surface area contributed by atoms with Crippen molar-refractivity contribution in [2.45, 2.75) is 91.9 Å². The van der Waals surface area contributed by atoms with E-state index in [1.807, 2.05) is 30.3 Å². The molecule has 1 saturated carbocycles. The first-order valence-electron chi connectivity index (χ1n) is 12.3. The minimum absolute atomic E-state index is 0. The molecular formula is C32H40Cl2Zr-2. The van der Waals surface area contributed by atoms with Crippen molar-refractivity contribution in [2.75, 3.05) is 0 Å². The van der Waals surface area contributed by atoms with Crippen LogP contribution in [0.3, 0.4) is 0 Å². The van der Waals surface area contributed by atoms with Gasteiger partial charge in [0.05, 0.1) is 0 Å². The molecule has 5 rings (SSSR count). The van der Waals surface area contributed by atoms with Gasteiger partial charge in [-0.2, -0.15) is 35.9 Å². The second kappa shape index (κ2) is 13.1. The maximum Gasteiger partial charge on any atom is -0.172 e. The van der Waals surface area contributed by atoms with Crippen molar-refractivity contribution in [1.82, 2.24) is 0 Å². The Bertz CT molecular complexity index is 1020. The van der Waals surface area contributed by atoms with Gasteiger partial charge in [-0.1, -0.05) is 71.6 Å². The van der Waals surface area contributed by atoms with E-state index >= 15 is 0 Å². The smallest absolute Gasteiger partial charge is 0.172 e. The molecule has 0 spiro atoms. The SMILES string of the molecule is Cc1[c-]c2c(cc1C(C)(C)C)-c1cc(C(C)(C)C)c(C)cc1C2.[Cl-].[Cl-].[Zr+2]=[C]1CCC1.c1cc[cH-]c1. The average Bonchev–Trinajstić information content (AvgIpc) is 3.34. The van der Waals surface area contributed by atoms with E-state index in [1.165, 1.54) is 63.8 Å². The molecule has 3 aromatic rings. The molecule has 188 valence electrons. The van der Waals surface area contributed by atoms with Crippen molar-refractivity contribution in [2.24, 2.45) is 0 Å². The molecule has 2 aliphatic carbocycles. The maximum absolute atomic E-state index is 3.69. The third kappa shape index (κ3) is 8.31. The van der Waals surface area contributed by atoms with Crippen LogP contribution in [0.1, 0.15) is 94.2 Å². The molecule has 2 aliphatic rings.